The van der Waals surface area contributed by atoms with Gasteiger partial charge in [0.25, 0.3) is 11.8 Å². The Labute approximate surface area is 190 Å². The van der Waals surface area contributed by atoms with E-state index in [1.54, 1.807) is 54.6 Å². The van der Waals surface area contributed by atoms with Crippen molar-refractivity contribution in [3.05, 3.63) is 66.7 Å². The van der Waals surface area contributed by atoms with Gasteiger partial charge in [0.2, 0.25) is 5.89 Å². The summed E-state index contributed by atoms with van der Waals surface area (Å²) >= 11 is 0. The summed E-state index contributed by atoms with van der Waals surface area (Å²) in [4.78, 5) is 0. The molecular formula is C22H15F5N2O4S. The number of alkyl halides is 5. The number of halogens is 5. The highest BCUT2D eigenvalue weighted by Crippen LogP contribution is 2.39. The minimum Gasteiger partial charge on any atom is -0.416 e. The third kappa shape index (κ3) is 5.50. The zero-order valence-corrected chi connectivity index (χ0v) is 17.9. The lowest BCUT2D eigenvalue weighted by Gasteiger charge is -2.18. The first-order chi connectivity index (χ1) is 15.9. The van der Waals surface area contributed by atoms with Crippen LogP contribution in [-0.4, -0.2) is 36.5 Å². The van der Waals surface area contributed by atoms with Gasteiger partial charge in [0.05, 0.1) is 5.56 Å². The van der Waals surface area contributed by atoms with Crippen molar-refractivity contribution in [2.75, 3.05) is 5.75 Å². The lowest BCUT2D eigenvalue weighted by atomic mass is 10.0. The second-order valence-corrected chi connectivity index (χ2v) is 8.94. The molecule has 0 bridgehead atoms. The number of aromatic nitrogens is 2. The van der Waals surface area contributed by atoms with Crippen LogP contribution in [-0.2, 0) is 10.1 Å². The fraction of sp³-hybridized carbons (Fsp3) is 0.182. The molecule has 1 aromatic heterocycles. The Hall–Kier alpha value is -3.54. The lowest BCUT2D eigenvalue weighted by molar-refractivity contribution is -0.181. The molecule has 34 heavy (non-hydrogen) atoms. The Balaban J connectivity index is 1.75. The molecule has 4 rings (SSSR count). The summed E-state index contributed by atoms with van der Waals surface area (Å²) in [6, 6.07) is 17.9. The normalized spacial score (nSPS) is 12.7. The van der Waals surface area contributed by atoms with E-state index in [4.69, 9.17) is 8.60 Å². The first-order valence-electron chi connectivity index (χ1n) is 9.70. The quantitative estimate of drug-likeness (QED) is 0.235. The molecule has 0 amide bonds. The molecule has 1 heterocycles. The predicted octanol–water partition coefficient (Wildman–Crippen LogP) is 5.85. The number of rotatable bonds is 7. The smallest absolute Gasteiger partial charge is 0.394 e. The van der Waals surface area contributed by atoms with Crippen LogP contribution in [0, 0.1) is 0 Å². The molecule has 0 atom stereocenters. The standard InChI is InChI=1S/C22H15F5N2O4S/c23-21(24,12-22(25,26)27)13-34(30,31)33-17-11-10-14-6-4-5-9-16(14)18(17)20-29-28-19(32-20)15-7-2-1-3-8-15/h1-11H,12-13H2. The van der Waals surface area contributed by atoms with E-state index in [1.807, 2.05) is 0 Å². The van der Waals surface area contributed by atoms with E-state index in [0.717, 1.165) is 0 Å². The Kier molecular flexibility index (Phi) is 6.02. The average molecular weight is 498 g/mol. The van der Waals surface area contributed by atoms with Crippen molar-refractivity contribution >= 4 is 20.9 Å². The van der Waals surface area contributed by atoms with Crippen LogP contribution in [0.2, 0.25) is 0 Å². The molecule has 0 aliphatic carbocycles. The number of nitrogens with zero attached hydrogens (tertiary/aromatic N) is 2. The summed E-state index contributed by atoms with van der Waals surface area (Å²) in [5, 5.41) is 8.90. The number of hydrogen-bond donors (Lipinski definition) is 0. The van der Waals surface area contributed by atoms with Crippen LogP contribution in [0.25, 0.3) is 33.7 Å². The van der Waals surface area contributed by atoms with E-state index < -0.39 is 40.1 Å². The molecule has 178 valence electrons. The maximum absolute atomic E-state index is 13.8. The molecule has 4 aromatic rings. The van der Waals surface area contributed by atoms with Gasteiger partial charge in [-0.3, -0.25) is 0 Å². The van der Waals surface area contributed by atoms with Gasteiger partial charge in [-0.2, -0.15) is 21.6 Å². The first-order valence-corrected chi connectivity index (χ1v) is 11.3. The van der Waals surface area contributed by atoms with Gasteiger partial charge in [-0.05, 0) is 29.0 Å². The molecule has 6 nitrogen and oxygen atoms in total. The van der Waals surface area contributed by atoms with Gasteiger partial charge in [-0.1, -0.05) is 48.5 Å². The van der Waals surface area contributed by atoms with Gasteiger partial charge in [-0.15, -0.1) is 10.2 Å². The van der Waals surface area contributed by atoms with Crippen molar-refractivity contribution < 1.29 is 39.0 Å². The lowest BCUT2D eigenvalue weighted by Crippen LogP contribution is -2.35. The summed E-state index contributed by atoms with van der Waals surface area (Å²) in [6.45, 7) is 0. The second-order valence-electron chi connectivity index (χ2n) is 7.37. The fourth-order valence-corrected chi connectivity index (χ4v) is 4.42. The maximum atomic E-state index is 13.8. The number of hydrogen-bond acceptors (Lipinski definition) is 6. The maximum Gasteiger partial charge on any atom is 0.394 e. The highest BCUT2D eigenvalue weighted by Gasteiger charge is 2.47. The van der Waals surface area contributed by atoms with Gasteiger partial charge < -0.3 is 8.60 Å². The topological polar surface area (TPSA) is 82.3 Å². The summed E-state index contributed by atoms with van der Waals surface area (Å²) < 4.78 is 99.9. The first kappa shape index (κ1) is 23.6. The van der Waals surface area contributed by atoms with E-state index in [2.05, 4.69) is 10.2 Å². The molecule has 0 aliphatic heterocycles. The van der Waals surface area contributed by atoms with Crippen LogP contribution in [0.15, 0.2) is 71.1 Å². The minimum atomic E-state index is -5.26. The molecule has 0 aliphatic rings. The molecular weight excluding hydrogens is 483 g/mol. The number of benzene rings is 3. The SMILES string of the molecule is O=S(=O)(CC(F)(F)CC(F)(F)F)Oc1ccc2ccccc2c1-c1nnc(-c2ccccc2)o1. The monoisotopic (exact) mass is 498 g/mol. The highest BCUT2D eigenvalue weighted by atomic mass is 32.2. The van der Waals surface area contributed by atoms with E-state index >= 15 is 0 Å². The van der Waals surface area contributed by atoms with E-state index in [9.17, 15) is 30.4 Å². The molecule has 0 spiro atoms. The van der Waals surface area contributed by atoms with Gasteiger partial charge in [0.1, 0.15) is 6.42 Å². The largest absolute Gasteiger partial charge is 0.416 e. The van der Waals surface area contributed by atoms with Crippen molar-refractivity contribution in [3.8, 4) is 28.7 Å². The summed E-state index contributed by atoms with van der Waals surface area (Å²) in [5.41, 5.74) is 0.568. The molecule has 0 N–H and O–H groups in total. The van der Waals surface area contributed by atoms with Crippen molar-refractivity contribution in [2.24, 2.45) is 0 Å². The van der Waals surface area contributed by atoms with Gasteiger partial charge >= 0.3 is 16.3 Å². The van der Waals surface area contributed by atoms with Gasteiger partial charge in [0, 0.05) is 5.56 Å². The van der Waals surface area contributed by atoms with Crippen LogP contribution < -0.4 is 4.18 Å². The van der Waals surface area contributed by atoms with Crippen molar-refractivity contribution in [1.82, 2.24) is 10.2 Å². The average Bonchev–Trinajstić information content (AvgIpc) is 3.21. The third-order valence-electron chi connectivity index (χ3n) is 4.61. The van der Waals surface area contributed by atoms with Crippen LogP contribution in [0.3, 0.4) is 0 Å². The summed E-state index contributed by atoms with van der Waals surface area (Å²) in [6.07, 6.45) is -7.86. The molecule has 0 radical (unpaired) electrons. The van der Waals surface area contributed by atoms with Crippen LogP contribution in [0.4, 0.5) is 22.0 Å². The third-order valence-corrected chi connectivity index (χ3v) is 5.82. The Bertz CT molecular complexity index is 1420. The van der Waals surface area contributed by atoms with Crippen molar-refractivity contribution in [1.29, 1.82) is 0 Å². The van der Waals surface area contributed by atoms with Crippen molar-refractivity contribution in [2.45, 2.75) is 18.5 Å². The molecule has 12 heteroatoms. The van der Waals surface area contributed by atoms with E-state index in [0.29, 0.717) is 16.3 Å². The Morgan fingerprint density at radius 3 is 2.18 bits per heavy atom. The number of fused-ring (bicyclic) bond motifs is 1. The highest BCUT2D eigenvalue weighted by molar-refractivity contribution is 7.87. The van der Waals surface area contributed by atoms with E-state index in [-0.39, 0.29) is 17.3 Å². The summed E-state index contributed by atoms with van der Waals surface area (Å²) in [5.74, 6) is -7.24. The Morgan fingerprint density at radius 1 is 0.824 bits per heavy atom. The van der Waals surface area contributed by atoms with E-state index in [1.165, 1.54) is 12.1 Å². The predicted molar refractivity (Wildman–Crippen MR) is 113 cm³/mol. The zero-order valence-electron chi connectivity index (χ0n) is 17.1. The molecule has 3 aromatic carbocycles. The van der Waals surface area contributed by atoms with Gasteiger partial charge in [0.15, 0.2) is 11.5 Å². The van der Waals surface area contributed by atoms with Crippen LogP contribution in [0.5, 0.6) is 5.75 Å². The second kappa shape index (κ2) is 8.67. The van der Waals surface area contributed by atoms with Crippen LogP contribution >= 0.6 is 0 Å². The van der Waals surface area contributed by atoms with Gasteiger partial charge in [-0.25, -0.2) is 8.78 Å². The van der Waals surface area contributed by atoms with Crippen LogP contribution in [0.1, 0.15) is 6.42 Å². The minimum absolute atomic E-state index is 0.00417. The Morgan fingerprint density at radius 2 is 1.47 bits per heavy atom. The molecule has 0 fully saturated rings. The zero-order chi connectivity index (χ0) is 24.6. The van der Waals surface area contributed by atoms with Crippen molar-refractivity contribution in [3.63, 3.8) is 0 Å². The fourth-order valence-electron chi connectivity index (χ4n) is 3.33. The molecule has 0 unspecified atom stereocenters. The summed E-state index contributed by atoms with van der Waals surface area (Å²) in [7, 11) is -5.15. The molecule has 0 saturated heterocycles. The molecule has 0 saturated carbocycles.